The molecule has 150 valence electrons. The van der Waals surface area contributed by atoms with Gasteiger partial charge < -0.3 is 20.1 Å². The van der Waals surface area contributed by atoms with Gasteiger partial charge in [0, 0.05) is 32.7 Å². The molecule has 28 heavy (non-hydrogen) atoms. The van der Waals surface area contributed by atoms with Crippen LogP contribution in [0.1, 0.15) is 16.1 Å². The molecule has 0 aliphatic carbocycles. The molecule has 0 unspecified atom stereocenters. The number of nitrogens with one attached hydrogen (secondary N) is 2. The maximum atomic E-state index is 12.2. The van der Waals surface area contributed by atoms with Crippen molar-refractivity contribution in [2.24, 2.45) is 0 Å². The molecule has 2 heterocycles. The third-order valence-electron chi connectivity index (χ3n) is 4.59. The van der Waals surface area contributed by atoms with E-state index in [1.54, 1.807) is 19.2 Å². The maximum absolute atomic E-state index is 12.2. The molecule has 0 radical (unpaired) electrons. The van der Waals surface area contributed by atoms with E-state index in [9.17, 15) is 4.79 Å². The number of aromatic nitrogens is 2. The van der Waals surface area contributed by atoms with Crippen molar-refractivity contribution in [3.8, 4) is 5.75 Å². The molecule has 1 aromatic carbocycles. The lowest BCUT2D eigenvalue weighted by atomic mass is 10.1. The molecule has 0 bridgehead atoms. The number of hydrogen-bond donors (Lipinski definition) is 2. The highest BCUT2D eigenvalue weighted by Crippen LogP contribution is 2.11. The van der Waals surface area contributed by atoms with Crippen LogP contribution in [0.4, 0.5) is 5.82 Å². The number of methoxy groups -OCH3 is 1. The molecular formula is C20H27N5O3. The van der Waals surface area contributed by atoms with Crippen LogP contribution in [0.25, 0.3) is 0 Å². The van der Waals surface area contributed by atoms with Gasteiger partial charge in [0.25, 0.3) is 5.91 Å². The van der Waals surface area contributed by atoms with E-state index in [0.29, 0.717) is 18.1 Å². The minimum absolute atomic E-state index is 0.221. The molecule has 0 spiro atoms. The quantitative estimate of drug-likeness (QED) is 0.671. The molecule has 1 aromatic heterocycles. The first-order valence-electron chi connectivity index (χ1n) is 9.53. The lowest BCUT2D eigenvalue weighted by molar-refractivity contribution is 0.0398. The molecule has 0 atom stereocenters. The first-order chi connectivity index (χ1) is 13.7. The van der Waals surface area contributed by atoms with E-state index >= 15 is 0 Å². The number of hydrogen-bond acceptors (Lipinski definition) is 7. The van der Waals surface area contributed by atoms with Gasteiger partial charge in [-0.15, -0.1) is 10.2 Å². The summed E-state index contributed by atoms with van der Waals surface area (Å²) in [6.07, 6.45) is 0.740. The topological polar surface area (TPSA) is 88.6 Å². The highest BCUT2D eigenvalue weighted by atomic mass is 16.5. The minimum atomic E-state index is -0.221. The number of anilines is 1. The fraction of sp³-hybridized carbons (Fsp3) is 0.450. The summed E-state index contributed by atoms with van der Waals surface area (Å²) in [6, 6.07) is 11.3. The fourth-order valence-electron chi connectivity index (χ4n) is 2.92. The summed E-state index contributed by atoms with van der Waals surface area (Å²) in [4.78, 5) is 14.5. The molecule has 1 amide bonds. The Labute approximate surface area is 165 Å². The van der Waals surface area contributed by atoms with Gasteiger partial charge in [-0.1, -0.05) is 12.1 Å². The second-order valence-corrected chi connectivity index (χ2v) is 6.54. The standard InChI is InChI=1S/C20H27N5O3/c1-27-17-4-2-16(3-5-17)8-9-22-20(26)18-6-7-19(24-23-18)21-10-11-25-12-14-28-15-13-25/h2-7H,8-15H2,1H3,(H,21,24)(H,22,26). The van der Waals surface area contributed by atoms with Crippen LogP contribution < -0.4 is 15.4 Å². The Kier molecular flexibility index (Phi) is 7.57. The van der Waals surface area contributed by atoms with Crippen LogP contribution in [-0.4, -0.2) is 74.1 Å². The highest BCUT2D eigenvalue weighted by molar-refractivity contribution is 5.92. The zero-order valence-corrected chi connectivity index (χ0v) is 16.2. The van der Waals surface area contributed by atoms with Crippen molar-refractivity contribution < 1.29 is 14.3 Å². The average molecular weight is 385 g/mol. The molecule has 8 nitrogen and oxygen atoms in total. The van der Waals surface area contributed by atoms with E-state index in [-0.39, 0.29) is 5.91 Å². The zero-order chi connectivity index (χ0) is 19.6. The predicted molar refractivity (Wildman–Crippen MR) is 107 cm³/mol. The molecular weight excluding hydrogens is 358 g/mol. The SMILES string of the molecule is COc1ccc(CCNC(=O)c2ccc(NCCN3CCOCC3)nn2)cc1. The lowest BCUT2D eigenvalue weighted by Crippen LogP contribution is -2.39. The summed E-state index contributed by atoms with van der Waals surface area (Å²) >= 11 is 0. The molecule has 1 aliphatic rings. The highest BCUT2D eigenvalue weighted by Gasteiger charge is 2.10. The molecule has 1 saturated heterocycles. The van der Waals surface area contributed by atoms with Gasteiger partial charge in [0.05, 0.1) is 20.3 Å². The Morgan fingerprint density at radius 1 is 1.11 bits per heavy atom. The smallest absolute Gasteiger partial charge is 0.271 e. The summed E-state index contributed by atoms with van der Waals surface area (Å²) in [5.74, 6) is 1.27. The minimum Gasteiger partial charge on any atom is -0.497 e. The van der Waals surface area contributed by atoms with Crippen molar-refractivity contribution in [3.63, 3.8) is 0 Å². The van der Waals surface area contributed by atoms with Crippen LogP contribution in [0, 0.1) is 0 Å². The van der Waals surface area contributed by atoms with E-state index in [2.05, 4.69) is 25.7 Å². The predicted octanol–water partition coefficient (Wildman–Crippen LogP) is 1.20. The van der Waals surface area contributed by atoms with Crippen LogP contribution in [0.5, 0.6) is 5.75 Å². The van der Waals surface area contributed by atoms with Crippen LogP contribution in [-0.2, 0) is 11.2 Å². The number of morpholine rings is 1. The molecule has 0 saturated carbocycles. The van der Waals surface area contributed by atoms with E-state index in [1.165, 1.54) is 0 Å². The number of rotatable bonds is 9. The fourth-order valence-corrected chi connectivity index (χ4v) is 2.92. The molecule has 3 rings (SSSR count). The number of benzene rings is 1. The Bertz CT molecular complexity index is 731. The van der Waals surface area contributed by atoms with Crippen molar-refractivity contribution in [3.05, 3.63) is 47.7 Å². The number of carbonyl (C=O) groups is 1. The summed E-state index contributed by atoms with van der Waals surface area (Å²) < 4.78 is 10.5. The van der Waals surface area contributed by atoms with Crippen molar-refractivity contribution in [1.82, 2.24) is 20.4 Å². The van der Waals surface area contributed by atoms with Crippen molar-refractivity contribution in [2.75, 3.05) is 58.4 Å². The van der Waals surface area contributed by atoms with Gasteiger partial charge in [-0.3, -0.25) is 9.69 Å². The number of ether oxygens (including phenoxy) is 2. The first kappa shape index (κ1) is 20.0. The van der Waals surface area contributed by atoms with Gasteiger partial charge in [-0.05, 0) is 36.2 Å². The zero-order valence-electron chi connectivity index (χ0n) is 16.2. The van der Waals surface area contributed by atoms with E-state index < -0.39 is 0 Å². The lowest BCUT2D eigenvalue weighted by Gasteiger charge is -2.26. The third-order valence-corrected chi connectivity index (χ3v) is 4.59. The largest absolute Gasteiger partial charge is 0.497 e. The first-order valence-corrected chi connectivity index (χ1v) is 9.53. The molecule has 1 fully saturated rings. The molecule has 1 aliphatic heterocycles. The number of amides is 1. The third kappa shape index (κ3) is 6.17. The molecule has 2 N–H and O–H groups in total. The Hall–Kier alpha value is -2.71. The van der Waals surface area contributed by atoms with Crippen LogP contribution in [0.2, 0.25) is 0 Å². The maximum Gasteiger partial charge on any atom is 0.271 e. The van der Waals surface area contributed by atoms with E-state index in [1.807, 2.05) is 24.3 Å². The van der Waals surface area contributed by atoms with Crippen molar-refractivity contribution in [1.29, 1.82) is 0 Å². The monoisotopic (exact) mass is 385 g/mol. The summed E-state index contributed by atoms with van der Waals surface area (Å²) in [6.45, 7) is 5.75. The van der Waals surface area contributed by atoms with Gasteiger partial charge in [0.15, 0.2) is 5.69 Å². The van der Waals surface area contributed by atoms with Gasteiger partial charge in [-0.25, -0.2) is 0 Å². The van der Waals surface area contributed by atoms with Crippen molar-refractivity contribution >= 4 is 11.7 Å². The Morgan fingerprint density at radius 3 is 2.57 bits per heavy atom. The van der Waals surface area contributed by atoms with Crippen LogP contribution >= 0.6 is 0 Å². The average Bonchev–Trinajstić information content (AvgIpc) is 2.75. The second kappa shape index (κ2) is 10.6. The van der Waals surface area contributed by atoms with Gasteiger partial charge in [-0.2, -0.15) is 0 Å². The number of carbonyl (C=O) groups excluding carboxylic acids is 1. The summed E-state index contributed by atoms with van der Waals surface area (Å²) in [7, 11) is 1.64. The normalized spacial score (nSPS) is 14.5. The molecule has 2 aromatic rings. The van der Waals surface area contributed by atoms with Crippen LogP contribution in [0.15, 0.2) is 36.4 Å². The van der Waals surface area contributed by atoms with Crippen LogP contribution in [0.3, 0.4) is 0 Å². The Balaban J connectivity index is 1.37. The Morgan fingerprint density at radius 2 is 1.89 bits per heavy atom. The van der Waals surface area contributed by atoms with E-state index in [0.717, 1.165) is 57.1 Å². The number of nitrogens with zero attached hydrogens (tertiary/aromatic N) is 3. The molecule has 8 heteroatoms. The van der Waals surface area contributed by atoms with Gasteiger partial charge in [0.1, 0.15) is 11.6 Å². The van der Waals surface area contributed by atoms with E-state index in [4.69, 9.17) is 9.47 Å². The van der Waals surface area contributed by atoms with Crippen molar-refractivity contribution in [2.45, 2.75) is 6.42 Å². The van der Waals surface area contributed by atoms with Gasteiger partial charge in [0.2, 0.25) is 0 Å². The summed E-state index contributed by atoms with van der Waals surface area (Å²) in [5.41, 5.74) is 1.44. The summed E-state index contributed by atoms with van der Waals surface area (Å²) in [5, 5.41) is 14.2. The van der Waals surface area contributed by atoms with Gasteiger partial charge >= 0.3 is 0 Å². The second-order valence-electron chi connectivity index (χ2n) is 6.54.